The highest BCUT2D eigenvalue weighted by Crippen LogP contribution is 2.21. The van der Waals surface area contributed by atoms with Crippen LogP contribution in [0.25, 0.3) is 0 Å². The first-order valence-corrected chi connectivity index (χ1v) is 7.48. The number of nitrogens with zero attached hydrogens (tertiary/aromatic N) is 4. The lowest BCUT2D eigenvalue weighted by molar-refractivity contribution is 0.0981. The lowest BCUT2D eigenvalue weighted by Gasteiger charge is -2.06. The highest BCUT2D eigenvalue weighted by atomic mass is 79.9. The molecule has 2 aromatic rings. The van der Waals surface area contributed by atoms with Crippen LogP contribution in [-0.2, 0) is 20.0 Å². The van der Waals surface area contributed by atoms with Crippen molar-refractivity contribution in [3.8, 4) is 0 Å². The zero-order valence-electron chi connectivity index (χ0n) is 12.3. The van der Waals surface area contributed by atoms with E-state index >= 15 is 0 Å². The van der Waals surface area contributed by atoms with Gasteiger partial charge in [0.05, 0.1) is 16.4 Å². The predicted molar refractivity (Wildman–Crippen MR) is 80.9 cm³/mol. The predicted octanol–water partition coefficient (Wildman–Crippen LogP) is 2.83. The van der Waals surface area contributed by atoms with E-state index in [-0.39, 0.29) is 5.78 Å². The number of aromatic nitrogens is 4. The third-order valence-corrected chi connectivity index (χ3v) is 4.07. The first-order valence-electron chi connectivity index (χ1n) is 6.69. The van der Waals surface area contributed by atoms with Crippen molar-refractivity contribution in [2.24, 2.45) is 7.05 Å². The van der Waals surface area contributed by atoms with E-state index in [0.29, 0.717) is 12.1 Å². The molecule has 0 spiro atoms. The summed E-state index contributed by atoms with van der Waals surface area (Å²) in [6.45, 7) is 6.74. The van der Waals surface area contributed by atoms with Crippen molar-refractivity contribution in [2.45, 2.75) is 40.2 Å². The van der Waals surface area contributed by atoms with Gasteiger partial charge >= 0.3 is 0 Å². The molecule has 2 aromatic heterocycles. The maximum absolute atomic E-state index is 12.6. The first-order chi connectivity index (χ1) is 9.45. The third kappa shape index (κ3) is 2.70. The Morgan fingerprint density at radius 3 is 2.65 bits per heavy atom. The van der Waals surface area contributed by atoms with E-state index in [1.807, 2.05) is 25.6 Å². The van der Waals surface area contributed by atoms with Gasteiger partial charge in [-0.05, 0) is 36.2 Å². The molecule has 20 heavy (non-hydrogen) atoms. The Morgan fingerprint density at radius 1 is 1.40 bits per heavy atom. The molecule has 0 fully saturated rings. The molecule has 6 heteroatoms. The average molecular weight is 339 g/mol. The Balaban J connectivity index is 2.31. The number of ketones is 1. The molecule has 0 radical (unpaired) electrons. The molecule has 0 aliphatic carbocycles. The van der Waals surface area contributed by atoms with Gasteiger partial charge < -0.3 is 0 Å². The molecule has 2 heterocycles. The molecular formula is C14H19BrN4O. The van der Waals surface area contributed by atoms with Crippen LogP contribution >= 0.6 is 15.9 Å². The molecule has 0 aliphatic heterocycles. The summed E-state index contributed by atoms with van der Waals surface area (Å²) in [5, 5.41) is 8.60. The van der Waals surface area contributed by atoms with Gasteiger partial charge in [-0.1, -0.05) is 6.92 Å². The van der Waals surface area contributed by atoms with Crippen molar-refractivity contribution in [3.05, 3.63) is 33.3 Å². The van der Waals surface area contributed by atoms with Gasteiger partial charge in [0.15, 0.2) is 5.78 Å². The molecule has 0 saturated carbocycles. The summed E-state index contributed by atoms with van der Waals surface area (Å²) in [4.78, 5) is 12.6. The van der Waals surface area contributed by atoms with Crippen LogP contribution in [0, 0.1) is 13.8 Å². The fourth-order valence-electron chi connectivity index (χ4n) is 2.34. The molecular weight excluding hydrogens is 320 g/mol. The third-order valence-electron chi connectivity index (χ3n) is 3.49. The molecule has 0 aromatic carbocycles. The van der Waals surface area contributed by atoms with E-state index in [2.05, 4.69) is 33.1 Å². The second kappa shape index (κ2) is 5.91. The molecule has 0 amide bonds. The van der Waals surface area contributed by atoms with Crippen LogP contribution in [0.5, 0.6) is 0 Å². The number of halogens is 1. The molecule has 0 atom stereocenters. The SMILES string of the molecule is CCCn1ncc(Br)c1C(=O)Cc1c(C)nn(C)c1C. The topological polar surface area (TPSA) is 52.7 Å². The van der Waals surface area contributed by atoms with Crippen molar-refractivity contribution in [2.75, 3.05) is 0 Å². The van der Waals surface area contributed by atoms with Crippen LogP contribution in [0.4, 0.5) is 0 Å². The molecule has 0 bridgehead atoms. The van der Waals surface area contributed by atoms with Gasteiger partial charge in [0.2, 0.25) is 0 Å². The van der Waals surface area contributed by atoms with Crippen molar-refractivity contribution in [1.82, 2.24) is 19.6 Å². The second-order valence-corrected chi connectivity index (χ2v) is 5.79. The van der Waals surface area contributed by atoms with E-state index in [9.17, 15) is 4.79 Å². The molecule has 108 valence electrons. The van der Waals surface area contributed by atoms with Gasteiger partial charge in [-0.3, -0.25) is 14.2 Å². The summed E-state index contributed by atoms with van der Waals surface area (Å²) in [7, 11) is 1.90. The van der Waals surface area contributed by atoms with Crippen LogP contribution in [0.3, 0.4) is 0 Å². The maximum Gasteiger partial charge on any atom is 0.186 e. The van der Waals surface area contributed by atoms with Crippen molar-refractivity contribution in [3.63, 3.8) is 0 Å². The number of hydrogen-bond acceptors (Lipinski definition) is 3. The summed E-state index contributed by atoms with van der Waals surface area (Å²) in [6.07, 6.45) is 2.99. The van der Waals surface area contributed by atoms with Crippen LogP contribution in [0.15, 0.2) is 10.7 Å². The fourth-order valence-corrected chi connectivity index (χ4v) is 2.86. The molecule has 0 unspecified atom stereocenters. The maximum atomic E-state index is 12.6. The fraction of sp³-hybridized carbons (Fsp3) is 0.500. The lowest BCUT2D eigenvalue weighted by atomic mass is 10.1. The second-order valence-electron chi connectivity index (χ2n) is 4.94. The highest BCUT2D eigenvalue weighted by Gasteiger charge is 2.20. The summed E-state index contributed by atoms with van der Waals surface area (Å²) < 4.78 is 4.35. The van der Waals surface area contributed by atoms with Gasteiger partial charge in [-0.25, -0.2) is 0 Å². The zero-order chi connectivity index (χ0) is 14.9. The number of Topliss-reactive ketones (excluding diaryl/α,β-unsaturated/α-hetero) is 1. The minimum atomic E-state index is 0.0713. The number of aryl methyl sites for hydroxylation is 3. The average Bonchev–Trinajstić information content (AvgIpc) is 2.86. The summed E-state index contributed by atoms with van der Waals surface area (Å²) in [5.41, 5.74) is 3.60. The van der Waals surface area contributed by atoms with E-state index in [4.69, 9.17) is 0 Å². The van der Waals surface area contributed by atoms with E-state index in [1.165, 1.54) is 0 Å². The van der Waals surface area contributed by atoms with Gasteiger partial charge in [0, 0.05) is 31.3 Å². The zero-order valence-corrected chi connectivity index (χ0v) is 13.9. The van der Waals surface area contributed by atoms with Crippen molar-refractivity contribution in [1.29, 1.82) is 0 Å². The summed E-state index contributed by atoms with van der Waals surface area (Å²) >= 11 is 3.42. The monoisotopic (exact) mass is 338 g/mol. The summed E-state index contributed by atoms with van der Waals surface area (Å²) in [5.74, 6) is 0.0713. The van der Waals surface area contributed by atoms with E-state index in [0.717, 1.165) is 34.4 Å². The number of rotatable bonds is 5. The smallest absolute Gasteiger partial charge is 0.186 e. The number of carbonyl (C=O) groups excluding carboxylic acids is 1. The van der Waals surface area contributed by atoms with Crippen molar-refractivity contribution >= 4 is 21.7 Å². The normalized spacial score (nSPS) is 11.1. The van der Waals surface area contributed by atoms with Crippen LogP contribution in [0.2, 0.25) is 0 Å². The number of carbonyl (C=O) groups is 1. The Bertz CT molecular complexity index is 642. The minimum Gasteiger partial charge on any atom is -0.292 e. The Labute approximate surface area is 127 Å². The van der Waals surface area contributed by atoms with Crippen LogP contribution in [-0.4, -0.2) is 25.3 Å². The highest BCUT2D eigenvalue weighted by molar-refractivity contribution is 9.10. The van der Waals surface area contributed by atoms with Gasteiger partial charge in [0.1, 0.15) is 5.69 Å². The van der Waals surface area contributed by atoms with E-state index in [1.54, 1.807) is 10.9 Å². The Kier molecular flexibility index (Phi) is 4.42. The quantitative estimate of drug-likeness (QED) is 0.787. The van der Waals surface area contributed by atoms with E-state index < -0.39 is 0 Å². The van der Waals surface area contributed by atoms with Gasteiger partial charge in [0.25, 0.3) is 0 Å². The molecule has 2 rings (SSSR count). The first kappa shape index (κ1) is 15.0. The van der Waals surface area contributed by atoms with Crippen molar-refractivity contribution < 1.29 is 4.79 Å². The van der Waals surface area contributed by atoms with Crippen LogP contribution in [0.1, 0.15) is 40.8 Å². The molecule has 5 nitrogen and oxygen atoms in total. The molecule has 0 saturated heterocycles. The summed E-state index contributed by atoms with van der Waals surface area (Å²) in [6, 6.07) is 0. The van der Waals surface area contributed by atoms with Crippen LogP contribution < -0.4 is 0 Å². The minimum absolute atomic E-state index is 0.0713. The standard InChI is InChI=1S/C14H19BrN4O/c1-5-6-19-14(12(15)8-16-19)13(20)7-11-9(2)17-18(4)10(11)3/h8H,5-7H2,1-4H3. The largest absolute Gasteiger partial charge is 0.292 e. The molecule has 0 N–H and O–H groups in total. The van der Waals surface area contributed by atoms with Gasteiger partial charge in [-0.2, -0.15) is 10.2 Å². The lowest BCUT2D eigenvalue weighted by Crippen LogP contribution is -2.14. The number of hydrogen-bond donors (Lipinski definition) is 0. The van der Waals surface area contributed by atoms with Gasteiger partial charge in [-0.15, -0.1) is 0 Å². The Hall–Kier alpha value is -1.43. The Morgan fingerprint density at radius 2 is 2.10 bits per heavy atom. The molecule has 0 aliphatic rings.